The fraction of sp³-hybridized carbons (Fsp3) is 1.00. The Hall–Kier alpha value is 0.790. The van der Waals surface area contributed by atoms with Crippen LogP contribution in [0.5, 0.6) is 0 Å². The van der Waals surface area contributed by atoms with Crippen molar-refractivity contribution in [3.8, 4) is 0 Å². The molecule has 0 spiro atoms. The minimum absolute atomic E-state index is 0.722. The third-order valence-corrected chi connectivity index (χ3v) is 11.5. The number of hydrogen-bond acceptors (Lipinski definition) is 2. The number of hydrogen-bond donors (Lipinski definition) is 0. The first kappa shape index (κ1) is 17.8. The Labute approximate surface area is 117 Å². The van der Waals surface area contributed by atoms with Crippen LogP contribution in [0.25, 0.3) is 0 Å². The van der Waals surface area contributed by atoms with Gasteiger partial charge in [-0.2, -0.15) is 0 Å². The van der Waals surface area contributed by atoms with Gasteiger partial charge >= 0.3 is 118 Å². The third kappa shape index (κ3) is 10.4. The van der Waals surface area contributed by atoms with Crippen molar-refractivity contribution in [3.05, 3.63) is 0 Å². The predicted octanol–water partition coefficient (Wildman–Crippen LogP) is 3.18. The molecule has 17 heavy (non-hydrogen) atoms. The van der Waals surface area contributed by atoms with E-state index in [1.807, 2.05) is 0 Å². The summed E-state index contributed by atoms with van der Waals surface area (Å²) < 4.78 is 5.80. The summed E-state index contributed by atoms with van der Waals surface area (Å²) in [5, 5.41) is 0. The van der Waals surface area contributed by atoms with E-state index in [0.29, 0.717) is 0 Å². The van der Waals surface area contributed by atoms with Gasteiger partial charge in [0.05, 0.1) is 0 Å². The second kappa shape index (κ2) is 10.7. The zero-order chi connectivity index (χ0) is 13.3. The summed E-state index contributed by atoms with van der Waals surface area (Å²) >= 11 is -1.08. The van der Waals surface area contributed by atoms with Crippen molar-refractivity contribution in [1.82, 2.24) is 9.80 Å². The van der Waals surface area contributed by atoms with Gasteiger partial charge in [0.15, 0.2) is 0 Å². The van der Waals surface area contributed by atoms with Crippen molar-refractivity contribution < 1.29 is 0 Å². The van der Waals surface area contributed by atoms with Crippen LogP contribution in [-0.2, 0) is 0 Å². The minimum atomic E-state index is -1.08. The van der Waals surface area contributed by atoms with Crippen molar-refractivity contribution >= 4 is 21.4 Å². The van der Waals surface area contributed by atoms with Crippen LogP contribution >= 0.6 is 0 Å². The van der Waals surface area contributed by atoms with Crippen LogP contribution < -0.4 is 0 Å². The van der Waals surface area contributed by atoms with Crippen LogP contribution in [0.4, 0.5) is 0 Å². The van der Waals surface area contributed by atoms with Gasteiger partial charge in [-0.15, -0.1) is 0 Å². The van der Waals surface area contributed by atoms with Gasteiger partial charge in [-0.3, -0.25) is 0 Å². The molecule has 0 bridgehead atoms. The van der Waals surface area contributed by atoms with Gasteiger partial charge in [0.2, 0.25) is 0 Å². The molecule has 0 saturated heterocycles. The molecule has 0 aliphatic heterocycles. The third-order valence-electron chi connectivity index (χ3n) is 3.58. The monoisotopic (exact) mass is 344 g/mol. The molecule has 0 atom stereocenters. The van der Waals surface area contributed by atoms with Gasteiger partial charge in [-0.25, -0.2) is 0 Å². The van der Waals surface area contributed by atoms with Gasteiger partial charge < -0.3 is 0 Å². The molecule has 102 valence electrons. The number of rotatable bonds is 10. The number of nitrogens with zero attached hydrogens (tertiary/aromatic N) is 2. The fourth-order valence-electron chi connectivity index (χ4n) is 2.32. The van der Waals surface area contributed by atoms with Gasteiger partial charge in [-0.1, -0.05) is 0 Å². The summed E-state index contributed by atoms with van der Waals surface area (Å²) in [6, 6.07) is 0.722. The Morgan fingerprint density at radius 2 is 1.53 bits per heavy atom. The molecule has 0 fully saturated rings. The average molecular weight is 344 g/mol. The second-order valence-corrected chi connectivity index (χ2v) is 15.5. The topological polar surface area (TPSA) is 6.48 Å². The first-order valence-electron chi connectivity index (χ1n) is 7.36. The van der Waals surface area contributed by atoms with Crippen LogP contribution in [0, 0.1) is 0 Å². The van der Waals surface area contributed by atoms with E-state index in [2.05, 4.69) is 49.3 Å². The van der Waals surface area contributed by atoms with Gasteiger partial charge in [0.1, 0.15) is 0 Å². The summed E-state index contributed by atoms with van der Waals surface area (Å²) in [4.78, 5) is 4.91. The summed E-state index contributed by atoms with van der Waals surface area (Å²) in [6.45, 7) is 10.7. The van der Waals surface area contributed by atoms with Crippen LogP contribution in [0.2, 0.25) is 13.0 Å². The summed E-state index contributed by atoms with van der Waals surface area (Å²) in [5.41, 5.74) is 0. The molecule has 0 saturated carbocycles. The molecule has 0 rings (SSSR count). The summed E-state index contributed by atoms with van der Waals surface area (Å²) in [6.07, 6.45) is 2.89. The zero-order valence-corrected chi connectivity index (χ0v) is 16.3. The van der Waals surface area contributed by atoms with Gasteiger partial charge in [0.25, 0.3) is 0 Å². The molecule has 0 aromatic rings. The van der Waals surface area contributed by atoms with Crippen molar-refractivity contribution in [2.24, 2.45) is 0 Å². The van der Waals surface area contributed by atoms with Crippen LogP contribution in [0.3, 0.4) is 0 Å². The summed E-state index contributed by atoms with van der Waals surface area (Å²) in [5.74, 6) is 0. The Morgan fingerprint density at radius 1 is 1.00 bits per heavy atom. The molecular weight excluding hydrogens is 311 g/mol. The van der Waals surface area contributed by atoms with E-state index in [9.17, 15) is 0 Å². The maximum absolute atomic E-state index is 2.61. The van der Waals surface area contributed by atoms with Crippen molar-refractivity contribution in [2.45, 2.75) is 52.7 Å². The molecule has 0 aliphatic carbocycles. The predicted molar refractivity (Wildman–Crippen MR) is 81.4 cm³/mol. The van der Waals surface area contributed by atoms with Crippen LogP contribution in [0.1, 0.15) is 33.6 Å². The van der Waals surface area contributed by atoms with Crippen LogP contribution in [0.15, 0.2) is 0 Å². The normalized spacial score (nSPS) is 11.8. The quantitative estimate of drug-likeness (QED) is 0.601. The van der Waals surface area contributed by atoms with Crippen molar-refractivity contribution in [3.63, 3.8) is 0 Å². The Bertz CT molecular complexity index is 172. The standard InChI is InChI=1S/C8H18N.C5H12N.CH3.In/c1-5-7-9(6-2)8(3)4;1-4-5-6(2)3;;/h8H,1,5-7H2,2-4H3;1,4-5H2,2-3H3;1H3;. The molecule has 0 unspecified atom stereocenters. The molecule has 0 aromatic heterocycles. The van der Waals surface area contributed by atoms with E-state index < -0.39 is 21.4 Å². The Kier molecular flexibility index (Phi) is 11.2. The van der Waals surface area contributed by atoms with E-state index in [1.165, 1.54) is 32.5 Å². The van der Waals surface area contributed by atoms with E-state index in [0.717, 1.165) is 6.04 Å². The zero-order valence-electron chi connectivity index (χ0n) is 13.0. The molecule has 0 N–H and O–H groups in total. The molecule has 0 radical (unpaired) electrons. The van der Waals surface area contributed by atoms with E-state index in [4.69, 9.17) is 0 Å². The molecule has 0 heterocycles. The molecule has 0 amide bonds. The molecule has 0 aromatic carbocycles. The van der Waals surface area contributed by atoms with Crippen molar-refractivity contribution in [1.29, 1.82) is 0 Å². The van der Waals surface area contributed by atoms with Crippen LogP contribution in [-0.4, -0.2) is 71.0 Å². The van der Waals surface area contributed by atoms with E-state index in [-0.39, 0.29) is 0 Å². The van der Waals surface area contributed by atoms with E-state index in [1.54, 1.807) is 8.35 Å². The Morgan fingerprint density at radius 3 is 1.94 bits per heavy atom. The fourth-order valence-corrected chi connectivity index (χ4v) is 8.17. The average Bonchev–Trinajstić information content (AvgIpc) is 2.23. The van der Waals surface area contributed by atoms with Crippen molar-refractivity contribution in [2.75, 3.05) is 33.7 Å². The first-order chi connectivity index (χ1) is 7.97. The summed E-state index contributed by atoms with van der Waals surface area (Å²) in [7, 11) is 4.36. The first-order valence-corrected chi connectivity index (χ1v) is 15.3. The van der Waals surface area contributed by atoms with E-state index >= 15 is 0 Å². The molecule has 3 heteroatoms. The molecule has 0 aliphatic rings. The maximum atomic E-state index is 2.61. The SMILES string of the molecule is CCN(CC[CH2][In]([CH3])[CH2]CCN(C)C)C(C)C. The Balaban J connectivity index is 3.52. The van der Waals surface area contributed by atoms with Gasteiger partial charge in [0, 0.05) is 0 Å². The second-order valence-electron chi connectivity index (χ2n) is 5.92. The molecule has 2 nitrogen and oxygen atoms in total. The molecular formula is C14H33InN2. The van der Waals surface area contributed by atoms with Gasteiger partial charge in [-0.05, 0) is 0 Å².